The van der Waals surface area contributed by atoms with Gasteiger partial charge in [-0.05, 0) is 55.2 Å². The van der Waals surface area contributed by atoms with Gasteiger partial charge in [-0.15, -0.1) is 0 Å². The highest BCUT2D eigenvalue weighted by molar-refractivity contribution is 5.92. The second kappa shape index (κ2) is 7.41. The van der Waals surface area contributed by atoms with Gasteiger partial charge in [0.1, 0.15) is 11.8 Å². The Bertz CT molecular complexity index is 1080. The van der Waals surface area contributed by atoms with Crippen LogP contribution in [0.2, 0.25) is 0 Å². The van der Waals surface area contributed by atoms with Crippen LogP contribution in [0.25, 0.3) is 0 Å². The second-order valence-corrected chi connectivity index (χ2v) is 7.88. The number of nitrogens with zero attached hydrogens (tertiary/aromatic N) is 2. The molecule has 2 aliphatic rings. The van der Waals surface area contributed by atoms with Gasteiger partial charge in [-0.2, -0.15) is 0 Å². The molecular formula is C25H25N3O2. The molecule has 5 heteroatoms. The predicted molar refractivity (Wildman–Crippen MR) is 118 cm³/mol. The lowest BCUT2D eigenvalue weighted by molar-refractivity contribution is -0.128. The Morgan fingerprint density at radius 1 is 1.00 bits per heavy atom. The quantitative estimate of drug-likeness (QED) is 0.691. The maximum absolute atomic E-state index is 13.5. The van der Waals surface area contributed by atoms with Gasteiger partial charge in [-0.25, -0.2) is 5.01 Å². The molecule has 5 nitrogen and oxygen atoms in total. The van der Waals surface area contributed by atoms with Crippen molar-refractivity contribution in [1.82, 2.24) is 5.01 Å². The summed E-state index contributed by atoms with van der Waals surface area (Å²) in [4.78, 5) is 15.8. The molecule has 1 N–H and O–H groups in total. The molecule has 0 bridgehead atoms. The van der Waals surface area contributed by atoms with Crippen molar-refractivity contribution in [3.63, 3.8) is 0 Å². The van der Waals surface area contributed by atoms with Gasteiger partial charge in [0, 0.05) is 11.3 Å². The van der Waals surface area contributed by atoms with E-state index in [1.54, 1.807) is 12.1 Å². The summed E-state index contributed by atoms with van der Waals surface area (Å²) in [6.45, 7) is 2.03. The van der Waals surface area contributed by atoms with Crippen LogP contribution in [0.4, 0.5) is 11.4 Å². The third kappa shape index (κ3) is 2.98. The molecule has 1 unspecified atom stereocenters. The number of fused-ring (bicyclic) bond motifs is 3. The van der Waals surface area contributed by atoms with E-state index in [0.717, 1.165) is 41.1 Å². The SMILES string of the molecule is COc1cc(C2N(Nc3ccccc3)C(=O)[C@@H]3CCc4ccccc4N23)ccc1C. The second-order valence-electron chi connectivity index (χ2n) is 7.88. The number of para-hydroxylation sites is 2. The summed E-state index contributed by atoms with van der Waals surface area (Å²) >= 11 is 0. The lowest BCUT2D eigenvalue weighted by atomic mass is 9.95. The number of methoxy groups -OCH3 is 1. The monoisotopic (exact) mass is 399 g/mol. The Hall–Kier alpha value is -3.47. The van der Waals surface area contributed by atoms with E-state index in [0.29, 0.717) is 0 Å². The Morgan fingerprint density at radius 2 is 1.77 bits per heavy atom. The molecule has 3 aromatic carbocycles. The molecule has 0 aliphatic carbocycles. The maximum Gasteiger partial charge on any atom is 0.265 e. The van der Waals surface area contributed by atoms with Gasteiger partial charge in [-0.1, -0.05) is 48.5 Å². The first-order valence-electron chi connectivity index (χ1n) is 10.3. The molecule has 1 saturated heterocycles. The number of amides is 1. The van der Waals surface area contributed by atoms with E-state index in [2.05, 4.69) is 40.7 Å². The standard InChI is InChI=1S/C25H25N3O2/c1-17-12-13-19(16-23(17)30-2)24-27-21-11-7-6-8-18(21)14-15-22(27)25(29)28(24)26-20-9-4-3-5-10-20/h3-13,16,22,24,26H,14-15H2,1-2H3/t22-,24?/m0/s1. The molecule has 1 amide bonds. The van der Waals surface area contributed by atoms with Crippen LogP contribution in [0, 0.1) is 6.92 Å². The largest absolute Gasteiger partial charge is 0.496 e. The minimum Gasteiger partial charge on any atom is -0.496 e. The lowest BCUT2D eigenvalue weighted by Gasteiger charge is -2.37. The van der Waals surface area contributed by atoms with Crippen molar-refractivity contribution in [2.75, 3.05) is 17.4 Å². The number of hydrazine groups is 1. The predicted octanol–water partition coefficient (Wildman–Crippen LogP) is 4.69. The number of benzene rings is 3. The van der Waals surface area contributed by atoms with Gasteiger partial charge in [0.05, 0.1) is 12.8 Å². The van der Waals surface area contributed by atoms with Crippen molar-refractivity contribution in [2.24, 2.45) is 0 Å². The summed E-state index contributed by atoms with van der Waals surface area (Å²) in [5, 5.41) is 1.78. The normalized spacial score (nSPS) is 20.0. The molecule has 2 heterocycles. The Balaban J connectivity index is 1.64. The minimum atomic E-state index is -0.265. The summed E-state index contributed by atoms with van der Waals surface area (Å²) in [6.07, 6.45) is 1.45. The van der Waals surface area contributed by atoms with E-state index in [9.17, 15) is 4.79 Å². The number of carbonyl (C=O) groups excluding carboxylic acids is 1. The molecule has 2 atom stereocenters. The summed E-state index contributed by atoms with van der Waals surface area (Å²) in [5.74, 6) is 0.922. The highest BCUT2D eigenvalue weighted by atomic mass is 16.5. The van der Waals surface area contributed by atoms with Crippen molar-refractivity contribution in [3.8, 4) is 5.75 Å². The zero-order chi connectivity index (χ0) is 20.7. The van der Waals surface area contributed by atoms with Crippen LogP contribution in [-0.2, 0) is 11.2 Å². The van der Waals surface area contributed by atoms with E-state index in [4.69, 9.17) is 4.74 Å². The minimum absolute atomic E-state index is 0.0953. The average Bonchev–Trinajstić information content (AvgIpc) is 3.07. The van der Waals surface area contributed by atoms with E-state index < -0.39 is 0 Å². The van der Waals surface area contributed by atoms with Crippen molar-refractivity contribution >= 4 is 17.3 Å². The smallest absolute Gasteiger partial charge is 0.265 e. The molecule has 0 radical (unpaired) electrons. The summed E-state index contributed by atoms with van der Waals surface area (Å²) in [5.41, 5.74) is 8.78. The van der Waals surface area contributed by atoms with Crippen LogP contribution in [0.3, 0.4) is 0 Å². The van der Waals surface area contributed by atoms with Gasteiger partial charge >= 0.3 is 0 Å². The third-order valence-corrected chi connectivity index (χ3v) is 6.08. The molecular weight excluding hydrogens is 374 g/mol. The van der Waals surface area contributed by atoms with E-state index in [-0.39, 0.29) is 18.1 Å². The first kappa shape index (κ1) is 18.6. The number of anilines is 2. The molecule has 1 fully saturated rings. The molecule has 2 aliphatic heterocycles. The van der Waals surface area contributed by atoms with E-state index in [1.807, 2.05) is 49.4 Å². The fourth-order valence-corrected chi connectivity index (χ4v) is 4.60. The van der Waals surface area contributed by atoms with Gasteiger partial charge in [-0.3, -0.25) is 10.2 Å². The van der Waals surface area contributed by atoms with E-state index >= 15 is 0 Å². The van der Waals surface area contributed by atoms with Crippen LogP contribution in [0.1, 0.15) is 29.3 Å². The van der Waals surface area contributed by atoms with Gasteiger partial charge < -0.3 is 9.64 Å². The van der Waals surface area contributed by atoms with Crippen molar-refractivity contribution in [1.29, 1.82) is 0 Å². The van der Waals surface area contributed by atoms with Crippen molar-refractivity contribution in [3.05, 3.63) is 89.5 Å². The van der Waals surface area contributed by atoms with Crippen LogP contribution in [0.5, 0.6) is 5.75 Å². The van der Waals surface area contributed by atoms with Crippen molar-refractivity contribution < 1.29 is 9.53 Å². The zero-order valence-corrected chi connectivity index (χ0v) is 17.2. The van der Waals surface area contributed by atoms with Gasteiger partial charge in [0.25, 0.3) is 5.91 Å². The van der Waals surface area contributed by atoms with Crippen LogP contribution >= 0.6 is 0 Å². The Morgan fingerprint density at radius 3 is 2.57 bits per heavy atom. The molecule has 30 heavy (non-hydrogen) atoms. The number of ether oxygens (including phenoxy) is 1. The summed E-state index contributed by atoms with van der Waals surface area (Å²) in [7, 11) is 1.69. The Labute approximate surface area is 176 Å². The number of hydrogen-bond donors (Lipinski definition) is 1. The average molecular weight is 399 g/mol. The first-order valence-corrected chi connectivity index (χ1v) is 10.3. The number of hydrogen-bond acceptors (Lipinski definition) is 4. The number of nitrogens with one attached hydrogen (secondary N) is 1. The summed E-state index contributed by atoms with van der Waals surface area (Å²) < 4.78 is 5.59. The molecule has 3 aromatic rings. The Kier molecular flexibility index (Phi) is 4.58. The third-order valence-electron chi connectivity index (χ3n) is 6.08. The number of rotatable bonds is 4. The van der Waals surface area contributed by atoms with Crippen LogP contribution in [-0.4, -0.2) is 24.1 Å². The fourth-order valence-electron chi connectivity index (χ4n) is 4.60. The maximum atomic E-state index is 13.5. The highest BCUT2D eigenvalue weighted by Gasteiger charge is 2.49. The first-order chi connectivity index (χ1) is 14.7. The molecule has 0 saturated carbocycles. The van der Waals surface area contributed by atoms with Crippen molar-refractivity contribution in [2.45, 2.75) is 32.0 Å². The molecule has 0 spiro atoms. The van der Waals surface area contributed by atoms with Crippen LogP contribution < -0.4 is 15.1 Å². The van der Waals surface area contributed by atoms with Gasteiger partial charge in [0.2, 0.25) is 0 Å². The topological polar surface area (TPSA) is 44.8 Å². The summed E-state index contributed by atoms with van der Waals surface area (Å²) in [6, 6.07) is 24.3. The zero-order valence-electron chi connectivity index (χ0n) is 17.2. The fraction of sp³-hybridized carbons (Fsp3) is 0.240. The number of aryl methyl sites for hydroxylation is 2. The van der Waals surface area contributed by atoms with Gasteiger partial charge in [0.15, 0.2) is 6.17 Å². The molecule has 5 rings (SSSR count). The lowest BCUT2D eigenvalue weighted by Crippen LogP contribution is -2.38. The highest BCUT2D eigenvalue weighted by Crippen LogP contribution is 2.45. The molecule has 152 valence electrons. The van der Waals surface area contributed by atoms with Crippen LogP contribution in [0.15, 0.2) is 72.8 Å². The molecule has 0 aromatic heterocycles. The van der Waals surface area contributed by atoms with E-state index in [1.165, 1.54) is 5.56 Å². The number of carbonyl (C=O) groups is 1.